The monoisotopic (exact) mass is 146 g/mol. The molecule has 0 aromatic rings. The van der Waals surface area contributed by atoms with Gasteiger partial charge in [-0.2, -0.15) is 0 Å². The van der Waals surface area contributed by atoms with Crippen LogP contribution in [0.2, 0.25) is 0 Å². The molecule has 0 aliphatic rings. The van der Waals surface area contributed by atoms with Crippen molar-refractivity contribution in [2.75, 3.05) is 34.7 Å². The Bertz CT molecular complexity index is 117. The van der Waals surface area contributed by atoms with E-state index in [-0.39, 0.29) is 5.91 Å². The zero-order valence-electron chi connectivity index (χ0n) is 7.06. The van der Waals surface area contributed by atoms with Crippen molar-refractivity contribution in [3.05, 3.63) is 0 Å². The molecule has 4 nitrogen and oxygen atoms in total. The van der Waals surface area contributed by atoms with E-state index in [2.05, 4.69) is 10.7 Å². The summed E-state index contributed by atoms with van der Waals surface area (Å²) in [5.74, 6) is 0.00926. The summed E-state index contributed by atoms with van der Waals surface area (Å²) in [7, 11) is 7.43. The van der Waals surface area contributed by atoms with Crippen LogP contribution in [0.5, 0.6) is 0 Å². The standard InChI is InChI=1S/C6H15N3O/c1-7-5-6(10)8-9(2,3)4/h7H,5H2,1-4H3/p+1. The Kier molecular flexibility index (Phi) is 3.32. The summed E-state index contributed by atoms with van der Waals surface area (Å²) < 4.78 is 0.459. The summed E-state index contributed by atoms with van der Waals surface area (Å²) >= 11 is 0. The van der Waals surface area contributed by atoms with Gasteiger partial charge in [0.15, 0.2) is 0 Å². The van der Waals surface area contributed by atoms with Gasteiger partial charge in [-0.1, -0.05) is 0 Å². The summed E-state index contributed by atoms with van der Waals surface area (Å²) in [4.78, 5) is 10.9. The molecule has 0 spiro atoms. The van der Waals surface area contributed by atoms with Crippen LogP contribution in [0.4, 0.5) is 0 Å². The first kappa shape index (κ1) is 9.39. The Morgan fingerprint density at radius 3 is 2.20 bits per heavy atom. The van der Waals surface area contributed by atoms with Crippen molar-refractivity contribution in [1.82, 2.24) is 10.7 Å². The van der Waals surface area contributed by atoms with Crippen LogP contribution in [0.25, 0.3) is 0 Å². The van der Waals surface area contributed by atoms with Crippen molar-refractivity contribution in [3.8, 4) is 0 Å². The third-order valence-electron chi connectivity index (χ3n) is 0.797. The summed E-state index contributed by atoms with van der Waals surface area (Å²) in [5.41, 5.74) is 2.76. The zero-order chi connectivity index (χ0) is 8.20. The summed E-state index contributed by atoms with van der Waals surface area (Å²) in [6.07, 6.45) is 0. The van der Waals surface area contributed by atoms with Crippen LogP contribution in [0, 0.1) is 0 Å². The molecule has 0 bridgehead atoms. The number of carbonyl (C=O) groups excluding carboxylic acids is 1. The predicted molar refractivity (Wildman–Crippen MR) is 40.1 cm³/mol. The smallest absolute Gasteiger partial charge is 0.278 e. The highest BCUT2D eigenvalue weighted by Gasteiger charge is 2.10. The van der Waals surface area contributed by atoms with Crippen molar-refractivity contribution in [2.45, 2.75) is 0 Å². The van der Waals surface area contributed by atoms with E-state index < -0.39 is 0 Å². The van der Waals surface area contributed by atoms with Gasteiger partial charge in [0.05, 0.1) is 27.7 Å². The number of likely N-dealkylation sites (N-methyl/N-ethyl adjacent to an activating group) is 1. The Labute approximate surface area is 61.8 Å². The summed E-state index contributed by atoms with van der Waals surface area (Å²) in [6.45, 7) is 0.371. The molecule has 0 aliphatic carbocycles. The minimum atomic E-state index is 0.00926. The quantitative estimate of drug-likeness (QED) is 0.394. The number of nitrogens with one attached hydrogen (secondary N) is 2. The lowest BCUT2D eigenvalue weighted by Crippen LogP contribution is -2.53. The van der Waals surface area contributed by atoms with Crippen molar-refractivity contribution in [2.24, 2.45) is 0 Å². The van der Waals surface area contributed by atoms with Crippen LogP contribution >= 0.6 is 0 Å². The van der Waals surface area contributed by atoms with E-state index in [9.17, 15) is 4.79 Å². The van der Waals surface area contributed by atoms with Gasteiger partial charge in [0, 0.05) is 0 Å². The van der Waals surface area contributed by atoms with Gasteiger partial charge in [0.25, 0.3) is 5.91 Å². The largest absolute Gasteiger partial charge is 0.311 e. The van der Waals surface area contributed by atoms with Gasteiger partial charge in [-0.15, -0.1) is 0 Å². The average molecular weight is 146 g/mol. The van der Waals surface area contributed by atoms with E-state index in [1.807, 2.05) is 21.1 Å². The normalized spacial score (nSPS) is 11.2. The highest BCUT2D eigenvalue weighted by Crippen LogP contribution is 1.79. The molecule has 0 aromatic heterocycles. The lowest BCUT2D eigenvalue weighted by atomic mass is 10.6. The maximum atomic E-state index is 10.9. The van der Waals surface area contributed by atoms with E-state index in [1.165, 1.54) is 0 Å². The maximum Gasteiger partial charge on any atom is 0.278 e. The molecule has 2 N–H and O–H groups in total. The molecule has 0 heterocycles. The van der Waals surface area contributed by atoms with E-state index in [0.717, 1.165) is 0 Å². The van der Waals surface area contributed by atoms with Crippen LogP contribution in [-0.2, 0) is 4.79 Å². The second kappa shape index (κ2) is 3.53. The van der Waals surface area contributed by atoms with E-state index in [1.54, 1.807) is 7.05 Å². The molecule has 4 heteroatoms. The third kappa shape index (κ3) is 5.53. The first-order valence-corrected chi connectivity index (χ1v) is 3.23. The number of rotatable bonds is 3. The predicted octanol–water partition coefficient (Wildman–Crippen LogP) is -1.06. The van der Waals surface area contributed by atoms with Crippen molar-refractivity contribution in [3.63, 3.8) is 0 Å². The SMILES string of the molecule is CNCC(=O)N[N+](C)(C)C. The van der Waals surface area contributed by atoms with Crippen molar-refractivity contribution < 1.29 is 9.39 Å². The Morgan fingerprint density at radius 2 is 1.90 bits per heavy atom. The molecule has 1 amide bonds. The second-order valence-electron chi connectivity index (χ2n) is 3.08. The fraction of sp³-hybridized carbons (Fsp3) is 0.833. The Morgan fingerprint density at radius 1 is 1.40 bits per heavy atom. The molecule has 0 radical (unpaired) electrons. The first-order valence-electron chi connectivity index (χ1n) is 3.23. The van der Waals surface area contributed by atoms with Crippen LogP contribution in [0.15, 0.2) is 0 Å². The van der Waals surface area contributed by atoms with Gasteiger partial charge in [-0.25, -0.2) is 10.0 Å². The molecule has 0 aliphatic heterocycles. The molecule has 0 saturated carbocycles. The lowest BCUT2D eigenvalue weighted by molar-refractivity contribution is -0.906. The molecule has 60 valence electrons. The van der Waals surface area contributed by atoms with Crippen LogP contribution in [0.1, 0.15) is 0 Å². The molecule has 0 saturated heterocycles. The van der Waals surface area contributed by atoms with Gasteiger partial charge in [-0.3, -0.25) is 4.79 Å². The lowest BCUT2D eigenvalue weighted by Gasteiger charge is -2.23. The van der Waals surface area contributed by atoms with Crippen LogP contribution in [0.3, 0.4) is 0 Å². The van der Waals surface area contributed by atoms with E-state index in [4.69, 9.17) is 0 Å². The number of hydrogen-bond donors (Lipinski definition) is 2. The van der Waals surface area contributed by atoms with Gasteiger partial charge >= 0.3 is 0 Å². The van der Waals surface area contributed by atoms with Gasteiger partial charge < -0.3 is 5.32 Å². The molecule has 0 atom stereocenters. The van der Waals surface area contributed by atoms with Crippen molar-refractivity contribution in [1.29, 1.82) is 0 Å². The Balaban J connectivity index is 3.58. The number of carbonyl (C=O) groups is 1. The fourth-order valence-electron chi connectivity index (χ4n) is 0.574. The van der Waals surface area contributed by atoms with Gasteiger partial charge in [0.1, 0.15) is 0 Å². The maximum absolute atomic E-state index is 10.9. The molecule has 0 unspecified atom stereocenters. The second-order valence-corrected chi connectivity index (χ2v) is 3.08. The Hall–Kier alpha value is -0.610. The number of quaternary nitrogens is 1. The minimum absolute atomic E-state index is 0.00926. The summed E-state index contributed by atoms with van der Waals surface area (Å²) in [5, 5.41) is 2.77. The highest BCUT2D eigenvalue weighted by molar-refractivity contribution is 5.76. The first-order chi connectivity index (χ1) is 4.45. The van der Waals surface area contributed by atoms with Crippen LogP contribution in [-0.4, -0.2) is 45.2 Å². The zero-order valence-corrected chi connectivity index (χ0v) is 7.06. The van der Waals surface area contributed by atoms with Gasteiger partial charge in [0.2, 0.25) is 0 Å². The molecule has 10 heavy (non-hydrogen) atoms. The topological polar surface area (TPSA) is 41.1 Å². The fourth-order valence-corrected chi connectivity index (χ4v) is 0.574. The highest BCUT2D eigenvalue weighted by atomic mass is 16.2. The van der Waals surface area contributed by atoms with Crippen molar-refractivity contribution >= 4 is 5.91 Å². The van der Waals surface area contributed by atoms with E-state index in [0.29, 0.717) is 11.1 Å². The van der Waals surface area contributed by atoms with Gasteiger partial charge in [-0.05, 0) is 7.05 Å². The number of amides is 1. The third-order valence-corrected chi connectivity index (χ3v) is 0.797. The summed E-state index contributed by atoms with van der Waals surface area (Å²) in [6, 6.07) is 0. The molecule has 0 fully saturated rings. The number of nitrogens with zero attached hydrogens (tertiary/aromatic N) is 1. The molecular formula is C6H16N3O+. The molecular weight excluding hydrogens is 130 g/mol. The van der Waals surface area contributed by atoms with E-state index >= 15 is 0 Å². The molecule has 0 aromatic carbocycles. The average Bonchev–Trinajstić information content (AvgIpc) is 1.59. The molecule has 0 rings (SSSR count). The minimum Gasteiger partial charge on any atom is -0.311 e. The number of hydrogen-bond acceptors (Lipinski definition) is 2. The van der Waals surface area contributed by atoms with Crippen LogP contribution < -0.4 is 10.7 Å².